The highest BCUT2D eigenvalue weighted by Gasteiger charge is 2.51. The third kappa shape index (κ3) is 3.23. The molecule has 0 aromatic heterocycles. The first-order valence-electron chi connectivity index (χ1n) is 9.10. The van der Waals surface area contributed by atoms with E-state index in [2.05, 4.69) is 0 Å². The van der Waals surface area contributed by atoms with E-state index in [0.29, 0.717) is 39.0 Å². The van der Waals surface area contributed by atoms with Gasteiger partial charge in [-0.15, -0.1) is 0 Å². The van der Waals surface area contributed by atoms with Crippen LogP contribution in [0.4, 0.5) is 0 Å². The lowest BCUT2D eigenvalue weighted by atomic mass is 9.72. The van der Waals surface area contributed by atoms with Gasteiger partial charge in [-0.2, -0.15) is 0 Å². The van der Waals surface area contributed by atoms with Gasteiger partial charge in [0, 0.05) is 33.4 Å². The molecule has 1 aromatic carbocycles. The number of likely N-dealkylation sites (tertiary alicyclic amines) is 1. The van der Waals surface area contributed by atoms with Gasteiger partial charge in [0.2, 0.25) is 5.91 Å². The van der Waals surface area contributed by atoms with Crippen molar-refractivity contribution in [1.29, 1.82) is 0 Å². The molecule has 2 aliphatic rings. The number of amides is 1. The second-order valence-corrected chi connectivity index (χ2v) is 7.56. The maximum absolute atomic E-state index is 13.6. The van der Waals surface area contributed by atoms with Crippen molar-refractivity contribution in [3.63, 3.8) is 0 Å². The van der Waals surface area contributed by atoms with Gasteiger partial charge in [0.1, 0.15) is 5.41 Å². The van der Waals surface area contributed by atoms with Gasteiger partial charge in [-0.3, -0.25) is 9.59 Å². The van der Waals surface area contributed by atoms with Crippen LogP contribution in [0.25, 0.3) is 0 Å². The van der Waals surface area contributed by atoms with Crippen molar-refractivity contribution in [3.8, 4) is 0 Å². The number of ether oxygens (including phenoxy) is 2. The van der Waals surface area contributed by atoms with Crippen molar-refractivity contribution >= 4 is 11.9 Å². The van der Waals surface area contributed by atoms with E-state index in [1.165, 1.54) is 7.11 Å². The number of carboxylic acids is 1. The third-order valence-corrected chi connectivity index (χ3v) is 5.88. The van der Waals surface area contributed by atoms with Gasteiger partial charge < -0.3 is 19.5 Å². The van der Waals surface area contributed by atoms with E-state index in [1.54, 1.807) is 4.90 Å². The van der Waals surface area contributed by atoms with Crippen LogP contribution in [0.2, 0.25) is 0 Å². The molecule has 0 aliphatic carbocycles. The molecule has 3 rings (SSSR count). The number of carboxylic acid groups (broad SMARTS) is 1. The molecule has 0 radical (unpaired) electrons. The molecule has 6 nitrogen and oxygen atoms in total. The van der Waals surface area contributed by atoms with E-state index in [-0.39, 0.29) is 19.1 Å². The van der Waals surface area contributed by atoms with Gasteiger partial charge >= 0.3 is 5.97 Å². The summed E-state index contributed by atoms with van der Waals surface area (Å²) in [6.07, 6.45) is 1.66. The van der Waals surface area contributed by atoms with Crippen molar-refractivity contribution in [1.82, 2.24) is 4.90 Å². The first-order chi connectivity index (χ1) is 12.4. The molecule has 2 aliphatic heterocycles. The molecule has 0 bridgehead atoms. The fraction of sp³-hybridized carbons (Fsp3) is 0.600. The minimum atomic E-state index is -1.01. The molecule has 2 fully saturated rings. The zero-order chi connectivity index (χ0) is 18.8. The zero-order valence-corrected chi connectivity index (χ0v) is 15.5. The standard InChI is InChI=1S/C20H27NO5/c1-15-3-5-16(6-4-15)20(8-11-26-12-9-20)17(22)21-10-7-19(13-21,14-25-2)18(23)24/h3-6H,7-14H2,1-2H3,(H,23,24). The number of aryl methyl sites for hydroxylation is 1. The molecule has 1 amide bonds. The monoisotopic (exact) mass is 361 g/mol. The summed E-state index contributed by atoms with van der Waals surface area (Å²) in [5.41, 5.74) is 0.503. The Morgan fingerprint density at radius 1 is 1.19 bits per heavy atom. The van der Waals surface area contributed by atoms with Crippen LogP contribution in [-0.2, 0) is 24.5 Å². The molecular weight excluding hydrogens is 334 g/mol. The quantitative estimate of drug-likeness (QED) is 0.868. The van der Waals surface area contributed by atoms with Gasteiger partial charge in [-0.25, -0.2) is 0 Å². The fourth-order valence-electron chi connectivity index (χ4n) is 4.20. The SMILES string of the molecule is COCC1(C(=O)O)CCN(C(=O)C2(c3ccc(C)cc3)CCOCC2)C1. The number of carbonyl (C=O) groups is 2. The highest BCUT2D eigenvalue weighted by Crippen LogP contribution is 2.40. The summed E-state index contributed by atoms with van der Waals surface area (Å²) in [6, 6.07) is 8.09. The molecule has 1 aromatic rings. The van der Waals surface area contributed by atoms with Crippen LogP contribution in [0, 0.1) is 12.3 Å². The Bertz CT molecular complexity index is 665. The molecule has 1 N–H and O–H groups in total. The minimum absolute atomic E-state index is 0.0175. The van der Waals surface area contributed by atoms with Crippen molar-refractivity contribution in [2.45, 2.75) is 31.6 Å². The van der Waals surface area contributed by atoms with E-state index >= 15 is 0 Å². The number of hydrogen-bond donors (Lipinski definition) is 1. The number of rotatable bonds is 5. The molecule has 6 heteroatoms. The fourth-order valence-corrected chi connectivity index (χ4v) is 4.20. The third-order valence-electron chi connectivity index (χ3n) is 5.88. The van der Waals surface area contributed by atoms with Gasteiger partial charge in [-0.1, -0.05) is 29.8 Å². The van der Waals surface area contributed by atoms with Crippen molar-refractivity contribution in [2.24, 2.45) is 5.41 Å². The smallest absolute Gasteiger partial charge is 0.313 e. The number of hydrogen-bond acceptors (Lipinski definition) is 4. The highest BCUT2D eigenvalue weighted by molar-refractivity contribution is 5.90. The number of carbonyl (C=O) groups excluding carboxylic acids is 1. The van der Waals surface area contributed by atoms with Crippen LogP contribution in [0.15, 0.2) is 24.3 Å². The zero-order valence-electron chi connectivity index (χ0n) is 15.5. The predicted octanol–water partition coefficient (Wildman–Crippen LogP) is 1.99. The molecule has 0 saturated carbocycles. The van der Waals surface area contributed by atoms with E-state index < -0.39 is 16.8 Å². The molecule has 2 heterocycles. The summed E-state index contributed by atoms with van der Waals surface area (Å²) < 4.78 is 10.7. The van der Waals surface area contributed by atoms with Crippen LogP contribution in [0.3, 0.4) is 0 Å². The normalized spacial score (nSPS) is 25.2. The average Bonchev–Trinajstić information content (AvgIpc) is 3.08. The van der Waals surface area contributed by atoms with E-state index in [0.717, 1.165) is 11.1 Å². The van der Waals surface area contributed by atoms with E-state index in [4.69, 9.17) is 9.47 Å². The Balaban J connectivity index is 1.89. The maximum atomic E-state index is 13.6. The summed E-state index contributed by atoms with van der Waals surface area (Å²) in [7, 11) is 1.50. The number of benzene rings is 1. The average molecular weight is 361 g/mol. The number of aliphatic carboxylic acids is 1. The van der Waals surface area contributed by atoms with Crippen LogP contribution >= 0.6 is 0 Å². The van der Waals surface area contributed by atoms with Gasteiger partial charge in [-0.05, 0) is 31.7 Å². The molecule has 1 unspecified atom stereocenters. The Morgan fingerprint density at radius 2 is 1.85 bits per heavy atom. The van der Waals surface area contributed by atoms with Crippen molar-refractivity contribution in [3.05, 3.63) is 35.4 Å². The van der Waals surface area contributed by atoms with Crippen LogP contribution in [0.5, 0.6) is 0 Å². The second-order valence-electron chi connectivity index (χ2n) is 7.56. The van der Waals surface area contributed by atoms with Gasteiger partial charge in [0.05, 0.1) is 12.0 Å². The lowest BCUT2D eigenvalue weighted by molar-refractivity contribution is -0.152. The first-order valence-corrected chi connectivity index (χ1v) is 9.10. The van der Waals surface area contributed by atoms with Crippen LogP contribution in [0.1, 0.15) is 30.4 Å². The number of methoxy groups -OCH3 is 1. The number of nitrogens with zero attached hydrogens (tertiary/aromatic N) is 1. The Kier molecular flexibility index (Phi) is 5.34. The van der Waals surface area contributed by atoms with Gasteiger partial charge in [0.15, 0.2) is 0 Å². The Hall–Kier alpha value is -1.92. The second kappa shape index (κ2) is 7.37. The maximum Gasteiger partial charge on any atom is 0.313 e. The van der Waals surface area contributed by atoms with Crippen molar-refractivity contribution < 1.29 is 24.2 Å². The summed E-state index contributed by atoms with van der Waals surface area (Å²) in [5.74, 6) is -0.880. The largest absolute Gasteiger partial charge is 0.481 e. The molecule has 2 saturated heterocycles. The van der Waals surface area contributed by atoms with Crippen LogP contribution in [-0.4, -0.2) is 61.9 Å². The van der Waals surface area contributed by atoms with E-state index in [9.17, 15) is 14.7 Å². The first kappa shape index (κ1) is 18.9. The summed E-state index contributed by atoms with van der Waals surface area (Å²) in [4.78, 5) is 27.1. The highest BCUT2D eigenvalue weighted by atomic mass is 16.5. The van der Waals surface area contributed by atoms with Crippen molar-refractivity contribution in [2.75, 3.05) is 40.0 Å². The summed E-state index contributed by atoms with van der Waals surface area (Å²) in [5, 5.41) is 9.68. The molecular formula is C20H27NO5. The van der Waals surface area contributed by atoms with E-state index in [1.807, 2.05) is 31.2 Å². The molecule has 1 atom stereocenters. The van der Waals surface area contributed by atoms with Crippen LogP contribution < -0.4 is 0 Å². The minimum Gasteiger partial charge on any atom is -0.481 e. The Morgan fingerprint density at radius 3 is 2.42 bits per heavy atom. The molecule has 0 spiro atoms. The van der Waals surface area contributed by atoms with Gasteiger partial charge in [0.25, 0.3) is 0 Å². The molecule has 26 heavy (non-hydrogen) atoms. The topological polar surface area (TPSA) is 76.1 Å². The predicted molar refractivity (Wildman–Crippen MR) is 96.1 cm³/mol. The molecule has 142 valence electrons. The summed E-state index contributed by atoms with van der Waals surface area (Å²) in [6.45, 7) is 3.86. The Labute approximate surface area is 154 Å². The summed E-state index contributed by atoms with van der Waals surface area (Å²) >= 11 is 0. The lowest BCUT2D eigenvalue weighted by Gasteiger charge is -2.39. The lowest BCUT2D eigenvalue weighted by Crippen LogP contribution is -2.50.